The fraction of sp³-hybridized carbons (Fsp3) is 0.250. The second kappa shape index (κ2) is 8.20. The van der Waals surface area contributed by atoms with Crippen LogP contribution in [0.1, 0.15) is 5.56 Å². The van der Waals surface area contributed by atoms with E-state index in [4.69, 9.17) is 16.3 Å². The van der Waals surface area contributed by atoms with E-state index in [1.54, 1.807) is 11.8 Å². The van der Waals surface area contributed by atoms with Crippen molar-refractivity contribution in [1.82, 2.24) is 0 Å². The highest BCUT2D eigenvalue weighted by Gasteiger charge is 2.05. The van der Waals surface area contributed by atoms with Crippen LogP contribution in [0.3, 0.4) is 0 Å². The Morgan fingerprint density at radius 2 is 1.75 bits per heavy atom. The first kappa shape index (κ1) is 15.2. The molecule has 2 nitrogen and oxygen atoms in total. The molecule has 0 bridgehead atoms. The molecule has 2 aromatic carbocycles. The third-order valence-corrected chi connectivity index (χ3v) is 4.09. The Balaban J connectivity index is 1.65. The molecule has 0 aliphatic rings. The van der Waals surface area contributed by atoms with Gasteiger partial charge in [0.1, 0.15) is 12.4 Å². The van der Waals surface area contributed by atoms with Crippen molar-refractivity contribution in [1.29, 1.82) is 0 Å². The molecule has 0 spiro atoms. The molecule has 4 heteroatoms. The van der Waals surface area contributed by atoms with Crippen molar-refractivity contribution in [2.45, 2.75) is 11.9 Å². The zero-order chi connectivity index (χ0) is 14.2. The van der Waals surface area contributed by atoms with Gasteiger partial charge in [-0.3, -0.25) is 0 Å². The summed E-state index contributed by atoms with van der Waals surface area (Å²) in [4.78, 5) is 0. The Morgan fingerprint density at radius 3 is 2.45 bits per heavy atom. The van der Waals surface area contributed by atoms with E-state index >= 15 is 0 Å². The first-order valence-corrected chi connectivity index (χ1v) is 7.95. The molecule has 0 amide bonds. The van der Waals surface area contributed by atoms with Gasteiger partial charge in [-0.1, -0.05) is 41.9 Å². The Morgan fingerprint density at radius 1 is 1.05 bits per heavy atom. The zero-order valence-corrected chi connectivity index (χ0v) is 12.6. The number of ether oxygens (including phenoxy) is 1. The van der Waals surface area contributed by atoms with Crippen LogP contribution < -0.4 is 4.74 Å². The van der Waals surface area contributed by atoms with Crippen molar-refractivity contribution in [3.05, 3.63) is 65.2 Å². The Labute approximate surface area is 128 Å². The van der Waals surface area contributed by atoms with Crippen LogP contribution in [-0.2, 0) is 5.75 Å². The molecule has 106 valence electrons. The maximum Gasteiger partial charge on any atom is 0.119 e. The number of benzene rings is 2. The molecule has 0 aromatic heterocycles. The number of para-hydroxylation sites is 1. The summed E-state index contributed by atoms with van der Waals surface area (Å²) in [6, 6.07) is 17.3. The van der Waals surface area contributed by atoms with Crippen molar-refractivity contribution in [2.24, 2.45) is 0 Å². The normalized spacial score (nSPS) is 12.1. The fourth-order valence-electron chi connectivity index (χ4n) is 1.65. The predicted octanol–water partition coefficient (Wildman–Crippen LogP) is 4.01. The van der Waals surface area contributed by atoms with Gasteiger partial charge in [0.05, 0.1) is 6.10 Å². The Bertz CT molecular complexity index is 502. The van der Waals surface area contributed by atoms with Gasteiger partial charge in [-0.2, -0.15) is 11.8 Å². The number of halogens is 1. The smallest absolute Gasteiger partial charge is 0.119 e. The molecule has 2 aromatic rings. The summed E-state index contributed by atoms with van der Waals surface area (Å²) in [5, 5.41) is 10.6. The van der Waals surface area contributed by atoms with Gasteiger partial charge in [-0.15, -0.1) is 0 Å². The number of hydrogen-bond acceptors (Lipinski definition) is 3. The van der Waals surface area contributed by atoms with Crippen LogP contribution >= 0.6 is 23.4 Å². The molecule has 2 rings (SSSR count). The number of aliphatic hydroxyl groups excluding tert-OH is 1. The summed E-state index contributed by atoms with van der Waals surface area (Å²) in [6.07, 6.45) is -0.465. The molecule has 0 aliphatic carbocycles. The van der Waals surface area contributed by atoms with Crippen LogP contribution in [0.15, 0.2) is 54.6 Å². The van der Waals surface area contributed by atoms with Crippen LogP contribution in [0.25, 0.3) is 0 Å². The quantitative estimate of drug-likeness (QED) is 0.838. The third kappa shape index (κ3) is 5.45. The molecule has 1 atom stereocenters. The summed E-state index contributed by atoms with van der Waals surface area (Å²) in [5.74, 6) is 2.30. The maximum atomic E-state index is 9.87. The lowest BCUT2D eigenvalue weighted by atomic mass is 10.2. The van der Waals surface area contributed by atoms with Crippen LogP contribution in [0, 0.1) is 0 Å². The zero-order valence-electron chi connectivity index (χ0n) is 11.0. The summed E-state index contributed by atoms with van der Waals surface area (Å²) < 4.78 is 5.51. The van der Waals surface area contributed by atoms with Crippen molar-refractivity contribution < 1.29 is 9.84 Å². The Kier molecular flexibility index (Phi) is 6.25. The number of aliphatic hydroxyl groups is 1. The first-order chi connectivity index (χ1) is 9.74. The summed E-state index contributed by atoms with van der Waals surface area (Å²) in [5.41, 5.74) is 1.20. The predicted molar refractivity (Wildman–Crippen MR) is 85.6 cm³/mol. The van der Waals surface area contributed by atoms with Gasteiger partial charge in [-0.25, -0.2) is 0 Å². The number of rotatable bonds is 7. The first-order valence-electron chi connectivity index (χ1n) is 6.42. The van der Waals surface area contributed by atoms with Gasteiger partial charge in [0.25, 0.3) is 0 Å². The van der Waals surface area contributed by atoms with Crippen LogP contribution in [-0.4, -0.2) is 23.6 Å². The highest BCUT2D eigenvalue weighted by molar-refractivity contribution is 7.98. The summed E-state index contributed by atoms with van der Waals surface area (Å²) in [7, 11) is 0. The van der Waals surface area contributed by atoms with E-state index < -0.39 is 6.10 Å². The minimum Gasteiger partial charge on any atom is -0.491 e. The van der Waals surface area contributed by atoms with Crippen LogP contribution in [0.4, 0.5) is 0 Å². The topological polar surface area (TPSA) is 29.5 Å². The molecule has 0 radical (unpaired) electrons. The molecular formula is C16H17ClO2S. The highest BCUT2D eigenvalue weighted by Crippen LogP contribution is 2.16. The molecule has 0 aliphatic heterocycles. The van der Waals surface area contributed by atoms with Crippen LogP contribution in [0.2, 0.25) is 5.02 Å². The minimum absolute atomic E-state index is 0.317. The Hall–Kier alpha value is -1.16. The molecule has 0 heterocycles. The van der Waals surface area contributed by atoms with E-state index in [1.165, 1.54) is 5.56 Å². The van der Waals surface area contributed by atoms with Crippen LogP contribution in [0.5, 0.6) is 5.75 Å². The van der Waals surface area contributed by atoms with Crippen molar-refractivity contribution in [3.8, 4) is 5.75 Å². The van der Waals surface area contributed by atoms with Gasteiger partial charge < -0.3 is 9.84 Å². The lowest BCUT2D eigenvalue weighted by molar-refractivity contribution is 0.126. The maximum absolute atomic E-state index is 9.87. The standard InChI is InChI=1S/C16H17ClO2S/c17-14-8-6-13(7-9-14)11-20-12-15(18)10-19-16-4-2-1-3-5-16/h1-9,15,18H,10-12H2. The van der Waals surface area contributed by atoms with Crippen molar-refractivity contribution >= 4 is 23.4 Å². The summed E-state index contributed by atoms with van der Waals surface area (Å²) >= 11 is 7.51. The average Bonchev–Trinajstić information content (AvgIpc) is 2.48. The van der Waals surface area contributed by atoms with E-state index in [0.29, 0.717) is 12.4 Å². The fourth-order valence-corrected chi connectivity index (χ4v) is 2.69. The average molecular weight is 309 g/mol. The van der Waals surface area contributed by atoms with Gasteiger partial charge in [-0.05, 0) is 29.8 Å². The van der Waals surface area contributed by atoms with Crippen molar-refractivity contribution in [3.63, 3.8) is 0 Å². The SMILES string of the molecule is OC(COc1ccccc1)CSCc1ccc(Cl)cc1. The molecule has 20 heavy (non-hydrogen) atoms. The molecule has 0 fully saturated rings. The number of hydrogen-bond donors (Lipinski definition) is 1. The monoisotopic (exact) mass is 308 g/mol. The number of thioether (sulfide) groups is 1. The van der Waals surface area contributed by atoms with E-state index in [-0.39, 0.29) is 0 Å². The van der Waals surface area contributed by atoms with Gasteiger partial charge in [0.2, 0.25) is 0 Å². The molecule has 0 saturated carbocycles. The van der Waals surface area contributed by atoms with E-state index in [0.717, 1.165) is 16.5 Å². The highest BCUT2D eigenvalue weighted by atomic mass is 35.5. The minimum atomic E-state index is -0.465. The largest absolute Gasteiger partial charge is 0.491 e. The van der Waals surface area contributed by atoms with E-state index in [2.05, 4.69) is 0 Å². The summed E-state index contributed by atoms with van der Waals surface area (Å²) in [6.45, 7) is 0.317. The molecule has 0 saturated heterocycles. The van der Waals surface area contributed by atoms with E-state index in [9.17, 15) is 5.11 Å². The molecular weight excluding hydrogens is 292 g/mol. The van der Waals surface area contributed by atoms with E-state index in [1.807, 2.05) is 54.6 Å². The lowest BCUT2D eigenvalue weighted by Gasteiger charge is -2.12. The second-order valence-electron chi connectivity index (χ2n) is 4.42. The molecule has 1 N–H and O–H groups in total. The van der Waals surface area contributed by atoms with Gasteiger partial charge in [0, 0.05) is 16.5 Å². The second-order valence-corrected chi connectivity index (χ2v) is 5.89. The third-order valence-electron chi connectivity index (χ3n) is 2.68. The lowest BCUT2D eigenvalue weighted by Crippen LogP contribution is -2.20. The molecule has 1 unspecified atom stereocenters. The van der Waals surface area contributed by atoms with Gasteiger partial charge in [0.15, 0.2) is 0 Å². The van der Waals surface area contributed by atoms with Gasteiger partial charge >= 0.3 is 0 Å². The van der Waals surface area contributed by atoms with Crippen molar-refractivity contribution in [2.75, 3.05) is 12.4 Å².